The van der Waals surface area contributed by atoms with E-state index in [4.69, 9.17) is 4.74 Å². The number of piperazine rings is 1. The highest BCUT2D eigenvalue weighted by Gasteiger charge is 2.20. The molecule has 0 bridgehead atoms. The van der Waals surface area contributed by atoms with E-state index in [0.29, 0.717) is 18.0 Å². The fraction of sp³-hybridized carbons (Fsp3) is 0.292. The third-order valence-corrected chi connectivity index (χ3v) is 6.48. The van der Waals surface area contributed by atoms with Crippen LogP contribution in [0.3, 0.4) is 0 Å². The summed E-state index contributed by atoms with van der Waals surface area (Å²) in [5, 5.41) is 2.94. The van der Waals surface area contributed by atoms with Crippen molar-refractivity contribution < 1.29 is 13.9 Å². The van der Waals surface area contributed by atoms with Crippen LogP contribution in [0.15, 0.2) is 60.7 Å². The SMILES string of the molecule is COc1ccccc1NC(=O)CN1CCN(Cc2ccc(-c3cccc(F)c3)s2)CC1. The third kappa shape index (κ3) is 5.70. The van der Waals surface area contributed by atoms with E-state index in [2.05, 4.69) is 27.2 Å². The molecule has 4 rings (SSSR count). The van der Waals surface area contributed by atoms with Crippen LogP contribution in [0, 0.1) is 5.82 Å². The van der Waals surface area contributed by atoms with Gasteiger partial charge < -0.3 is 10.1 Å². The molecule has 7 heteroatoms. The molecule has 1 fully saturated rings. The van der Waals surface area contributed by atoms with E-state index in [-0.39, 0.29) is 11.7 Å². The number of halogens is 1. The van der Waals surface area contributed by atoms with Crippen LogP contribution >= 0.6 is 11.3 Å². The van der Waals surface area contributed by atoms with Crippen LogP contribution in [0.4, 0.5) is 10.1 Å². The van der Waals surface area contributed by atoms with Crippen LogP contribution in [-0.2, 0) is 11.3 Å². The lowest BCUT2D eigenvalue weighted by molar-refractivity contribution is -0.117. The normalized spacial score (nSPS) is 15.0. The first-order chi connectivity index (χ1) is 15.1. The second-order valence-corrected chi connectivity index (χ2v) is 8.75. The number of rotatable bonds is 7. The number of benzene rings is 2. The number of anilines is 1. The number of ether oxygens (including phenoxy) is 1. The molecule has 1 aliphatic heterocycles. The maximum atomic E-state index is 13.5. The van der Waals surface area contributed by atoms with Crippen molar-refractivity contribution in [2.75, 3.05) is 45.2 Å². The van der Waals surface area contributed by atoms with Gasteiger partial charge in [-0.25, -0.2) is 4.39 Å². The predicted octanol–water partition coefficient (Wildman–Crippen LogP) is 4.32. The molecule has 0 saturated carbocycles. The lowest BCUT2D eigenvalue weighted by Crippen LogP contribution is -2.48. The highest BCUT2D eigenvalue weighted by atomic mass is 32.1. The molecule has 162 valence electrons. The van der Waals surface area contributed by atoms with Gasteiger partial charge in [0, 0.05) is 42.5 Å². The number of carbonyl (C=O) groups excluding carboxylic acids is 1. The molecule has 0 unspecified atom stereocenters. The molecule has 1 aliphatic rings. The van der Waals surface area contributed by atoms with Crippen molar-refractivity contribution in [2.24, 2.45) is 0 Å². The monoisotopic (exact) mass is 439 g/mol. The van der Waals surface area contributed by atoms with Gasteiger partial charge in [0.1, 0.15) is 11.6 Å². The van der Waals surface area contributed by atoms with Crippen molar-refractivity contribution in [1.82, 2.24) is 9.80 Å². The van der Waals surface area contributed by atoms with E-state index in [1.165, 1.54) is 10.9 Å². The first-order valence-corrected chi connectivity index (χ1v) is 11.1. The Morgan fingerprint density at radius 1 is 1.03 bits per heavy atom. The number of amides is 1. The van der Waals surface area contributed by atoms with E-state index < -0.39 is 0 Å². The summed E-state index contributed by atoms with van der Waals surface area (Å²) in [7, 11) is 1.60. The van der Waals surface area contributed by atoms with Gasteiger partial charge in [-0.2, -0.15) is 0 Å². The Balaban J connectivity index is 1.25. The average molecular weight is 440 g/mol. The molecule has 5 nitrogen and oxygen atoms in total. The molecule has 2 aromatic carbocycles. The Morgan fingerprint density at radius 2 is 1.81 bits per heavy atom. The Hall–Kier alpha value is -2.74. The maximum Gasteiger partial charge on any atom is 0.238 e. The van der Waals surface area contributed by atoms with E-state index in [0.717, 1.165) is 43.2 Å². The van der Waals surface area contributed by atoms with Crippen molar-refractivity contribution in [3.63, 3.8) is 0 Å². The van der Waals surface area contributed by atoms with Gasteiger partial charge in [0.05, 0.1) is 19.3 Å². The van der Waals surface area contributed by atoms with Crippen LogP contribution in [-0.4, -0.2) is 55.5 Å². The summed E-state index contributed by atoms with van der Waals surface area (Å²) in [6.45, 7) is 4.77. The molecule has 31 heavy (non-hydrogen) atoms. The molecular weight excluding hydrogens is 413 g/mol. The van der Waals surface area contributed by atoms with Gasteiger partial charge >= 0.3 is 0 Å². The number of para-hydroxylation sites is 2. The number of hydrogen-bond acceptors (Lipinski definition) is 5. The third-order valence-electron chi connectivity index (χ3n) is 5.36. The van der Waals surface area contributed by atoms with Crippen LogP contribution in [0.5, 0.6) is 5.75 Å². The minimum atomic E-state index is -0.210. The molecule has 2 heterocycles. The molecule has 1 saturated heterocycles. The minimum Gasteiger partial charge on any atom is -0.495 e. The van der Waals surface area contributed by atoms with E-state index >= 15 is 0 Å². The van der Waals surface area contributed by atoms with E-state index in [1.807, 2.05) is 30.3 Å². The summed E-state index contributed by atoms with van der Waals surface area (Å²) < 4.78 is 18.8. The highest BCUT2D eigenvalue weighted by Crippen LogP contribution is 2.29. The molecule has 0 spiro atoms. The van der Waals surface area contributed by atoms with Gasteiger partial charge in [-0.1, -0.05) is 24.3 Å². The van der Waals surface area contributed by atoms with Crippen molar-refractivity contribution in [3.05, 3.63) is 71.4 Å². The summed E-state index contributed by atoms with van der Waals surface area (Å²) in [4.78, 5) is 19.4. The molecule has 0 aliphatic carbocycles. The quantitative estimate of drug-likeness (QED) is 0.596. The zero-order chi connectivity index (χ0) is 21.6. The smallest absolute Gasteiger partial charge is 0.238 e. The van der Waals surface area contributed by atoms with Crippen molar-refractivity contribution in [3.8, 4) is 16.2 Å². The van der Waals surface area contributed by atoms with Crippen LogP contribution < -0.4 is 10.1 Å². The minimum absolute atomic E-state index is 0.0315. The van der Waals surface area contributed by atoms with Gasteiger partial charge in [-0.15, -0.1) is 11.3 Å². The lowest BCUT2D eigenvalue weighted by atomic mass is 10.2. The van der Waals surface area contributed by atoms with E-state index in [1.54, 1.807) is 30.6 Å². The van der Waals surface area contributed by atoms with Gasteiger partial charge in [0.25, 0.3) is 0 Å². The van der Waals surface area contributed by atoms with E-state index in [9.17, 15) is 9.18 Å². The molecule has 0 radical (unpaired) electrons. The summed E-state index contributed by atoms with van der Waals surface area (Å²) in [5.41, 5.74) is 1.61. The Bertz CT molecular complexity index is 1030. The average Bonchev–Trinajstić information content (AvgIpc) is 3.24. The first kappa shape index (κ1) is 21.5. The summed E-state index contributed by atoms with van der Waals surface area (Å²) in [6.07, 6.45) is 0. The number of nitrogens with zero attached hydrogens (tertiary/aromatic N) is 2. The second kappa shape index (κ2) is 10.0. The van der Waals surface area contributed by atoms with Gasteiger partial charge in [0.15, 0.2) is 0 Å². The Labute approximate surface area is 186 Å². The number of carbonyl (C=O) groups is 1. The maximum absolute atomic E-state index is 13.5. The number of nitrogens with one attached hydrogen (secondary N) is 1. The van der Waals surface area contributed by atoms with Crippen LogP contribution in [0.2, 0.25) is 0 Å². The van der Waals surface area contributed by atoms with Crippen LogP contribution in [0.25, 0.3) is 10.4 Å². The highest BCUT2D eigenvalue weighted by molar-refractivity contribution is 7.15. The fourth-order valence-electron chi connectivity index (χ4n) is 3.73. The molecule has 3 aromatic rings. The largest absolute Gasteiger partial charge is 0.495 e. The summed E-state index contributed by atoms with van der Waals surface area (Å²) in [6, 6.07) is 18.3. The molecular formula is C24H26FN3O2S. The standard InChI is InChI=1S/C24H26FN3O2S/c1-30-22-8-3-2-7-21(22)26-24(29)17-28-13-11-27(12-14-28)16-20-9-10-23(31-20)18-5-4-6-19(25)15-18/h2-10,15H,11-14,16-17H2,1H3,(H,26,29). The summed E-state index contributed by atoms with van der Waals surface area (Å²) >= 11 is 1.71. The molecule has 0 atom stereocenters. The number of methoxy groups -OCH3 is 1. The number of thiophene rings is 1. The Kier molecular flexibility index (Phi) is 6.96. The predicted molar refractivity (Wildman–Crippen MR) is 123 cm³/mol. The number of hydrogen-bond donors (Lipinski definition) is 1. The molecule has 1 aromatic heterocycles. The lowest BCUT2D eigenvalue weighted by Gasteiger charge is -2.34. The zero-order valence-electron chi connectivity index (χ0n) is 17.5. The molecule has 1 N–H and O–H groups in total. The van der Waals surface area contributed by atoms with Gasteiger partial charge in [-0.3, -0.25) is 14.6 Å². The summed E-state index contributed by atoms with van der Waals surface area (Å²) in [5.74, 6) is 0.420. The Morgan fingerprint density at radius 3 is 2.58 bits per heavy atom. The van der Waals surface area contributed by atoms with Crippen LogP contribution in [0.1, 0.15) is 4.88 Å². The first-order valence-electron chi connectivity index (χ1n) is 10.3. The van der Waals surface area contributed by atoms with Gasteiger partial charge in [0.2, 0.25) is 5.91 Å². The van der Waals surface area contributed by atoms with Crippen molar-refractivity contribution in [1.29, 1.82) is 0 Å². The second-order valence-electron chi connectivity index (χ2n) is 7.58. The van der Waals surface area contributed by atoms with Crippen molar-refractivity contribution >= 4 is 22.9 Å². The fourth-order valence-corrected chi connectivity index (χ4v) is 4.77. The topological polar surface area (TPSA) is 44.8 Å². The van der Waals surface area contributed by atoms with Gasteiger partial charge in [-0.05, 0) is 42.0 Å². The zero-order valence-corrected chi connectivity index (χ0v) is 18.3. The molecule has 1 amide bonds. The van der Waals surface area contributed by atoms with Crippen molar-refractivity contribution in [2.45, 2.75) is 6.54 Å².